The van der Waals surface area contributed by atoms with E-state index < -0.39 is 30.7 Å². The van der Waals surface area contributed by atoms with E-state index in [0.29, 0.717) is 3.57 Å². The zero-order valence-corrected chi connectivity index (χ0v) is 14.0. The van der Waals surface area contributed by atoms with Gasteiger partial charge in [-0.3, -0.25) is 10.1 Å². The maximum absolute atomic E-state index is 11.7. The van der Waals surface area contributed by atoms with E-state index in [1.165, 1.54) is 25.1 Å². The second-order valence-electron chi connectivity index (χ2n) is 3.78. The zero-order chi connectivity index (χ0) is 15.6. The van der Waals surface area contributed by atoms with Gasteiger partial charge in [-0.15, -0.1) is 4.13 Å². The minimum Gasteiger partial charge on any atom is -0.258 e. The number of hydrogen-bond acceptors (Lipinski definition) is 6. The summed E-state index contributed by atoms with van der Waals surface area (Å²) in [5.74, 6) is -0.925. The molecule has 1 aromatic carbocycles. The van der Waals surface area contributed by atoms with Crippen molar-refractivity contribution in [2.45, 2.75) is 12.7 Å². The molecule has 0 spiro atoms. The maximum atomic E-state index is 11.7. The summed E-state index contributed by atoms with van der Waals surface area (Å²) in [7, 11) is -7.95. The first-order valence-corrected chi connectivity index (χ1v) is 9.61. The van der Waals surface area contributed by atoms with Crippen LogP contribution in [0, 0.1) is 13.7 Å². The minimum absolute atomic E-state index is 0.162. The van der Waals surface area contributed by atoms with Gasteiger partial charge in [0.25, 0.3) is 5.69 Å². The van der Waals surface area contributed by atoms with Gasteiger partial charge in [0.2, 0.25) is 20.0 Å². The second-order valence-corrected chi connectivity index (χ2v) is 8.93. The molecule has 1 N–H and O–H groups in total. The molecule has 0 atom stereocenters. The van der Waals surface area contributed by atoms with Gasteiger partial charge < -0.3 is 0 Å². The highest BCUT2D eigenvalue weighted by Gasteiger charge is 2.21. The summed E-state index contributed by atoms with van der Waals surface area (Å²) in [5.41, 5.74) is 0.125. The normalized spacial score (nSPS) is 12.3. The van der Waals surface area contributed by atoms with E-state index in [9.17, 15) is 26.9 Å². The molecule has 0 saturated heterocycles. The first-order chi connectivity index (χ1) is 9.06. The van der Waals surface area contributed by atoms with Crippen molar-refractivity contribution in [3.05, 3.63) is 37.4 Å². The first-order valence-electron chi connectivity index (χ1n) is 5.23. The number of nitrogens with one attached hydrogen (secondary N) is 1. The molecule has 0 amide bonds. The summed E-state index contributed by atoms with van der Waals surface area (Å²) < 4.78 is 47.9. The van der Waals surface area contributed by atoms with Crippen LogP contribution in [0.4, 0.5) is 5.69 Å². The lowest BCUT2D eigenvalue weighted by molar-refractivity contribution is -0.385. The Labute approximate surface area is 130 Å². The average molecular weight is 434 g/mol. The van der Waals surface area contributed by atoms with Gasteiger partial charge in [-0.25, -0.2) is 16.8 Å². The van der Waals surface area contributed by atoms with Gasteiger partial charge >= 0.3 is 0 Å². The van der Waals surface area contributed by atoms with E-state index in [4.69, 9.17) is 0 Å². The molecule has 0 aliphatic heterocycles. The van der Waals surface area contributed by atoms with Gasteiger partial charge in [-0.2, -0.15) is 0 Å². The monoisotopic (exact) mass is 434 g/mol. The molecule has 0 fully saturated rings. The summed E-state index contributed by atoms with van der Waals surface area (Å²) in [5, 5.41) is 10.6. The second kappa shape index (κ2) is 6.32. The Balaban J connectivity index is 3.02. The number of nitrogens with zero attached hydrogens (tertiary/aromatic N) is 1. The van der Waals surface area contributed by atoms with Crippen LogP contribution in [-0.2, 0) is 25.8 Å². The SMILES string of the molecule is CCS(=O)(=O)NS(=O)(=O)Cc1ccc([N+](=O)[O-])cc1I. The van der Waals surface area contributed by atoms with Gasteiger partial charge in [0.1, 0.15) is 0 Å². The number of nitro benzene ring substituents is 1. The van der Waals surface area contributed by atoms with Crippen molar-refractivity contribution in [3.63, 3.8) is 0 Å². The van der Waals surface area contributed by atoms with Crippen molar-refractivity contribution in [3.8, 4) is 0 Å². The highest BCUT2D eigenvalue weighted by Crippen LogP contribution is 2.21. The fourth-order valence-electron chi connectivity index (χ4n) is 1.25. The Bertz CT molecular complexity index is 729. The molecule has 0 unspecified atom stereocenters. The molecule has 0 heterocycles. The number of non-ortho nitro benzene ring substituents is 1. The molecule has 0 aliphatic carbocycles. The van der Waals surface area contributed by atoms with Gasteiger partial charge in [-0.05, 0) is 35.1 Å². The Morgan fingerprint density at radius 1 is 1.25 bits per heavy atom. The van der Waals surface area contributed by atoms with Gasteiger partial charge in [0, 0.05) is 15.7 Å². The van der Waals surface area contributed by atoms with Gasteiger partial charge in [-0.1, -0.05) is 6.07 Å². The fourth-order valence-corrected chi connectivity index (χ4v) is 5.12. The van der Waals surface area contributed by atoms with Crippen molar-refractivity contribution in [1.82, 2.24) is 4.13 Å². The first kappa shape index (κ1) is 17.3. The third-order valence-electron chi connectivity index (χ3n) is 2.23. The van der Waals surface area contributed by atoms with Crippen molar-refractivity contribution < 1.29 is 21.8 Å². The molecular formula is C9H11IN2O6S2. The lowest BCUT2D eigenvalue weighted by Gasteiger charge is -2.07. The largest absolute Gasteiger partial charge is 0.270 e. The lowest BCUT2D eigenvalue weighted by atomic mass is 10.2. The van der Waals surface area contributed by atoms with Crippen LogP contribution in [-0.4, -0.2) is 27.5 Å². The predicted molar refractivity (Wildman–Crippen MR) is 81.0 cm³/mol. The summed E-state index contributed by atoms with van der Waals surface area (Å²) in [4.78, 5) is 9.97. The van der Waals surface area contributed by atoms with E-state index in [1.54, 1.807) is 26.7 Å². The van der Waals surface area contributed by atoms with E-state index in [2.05, 4.69) is 0 Å². The quantitative estimate of drug-likeness (QED) is 0.404. The third-order valence-corrected chi connectivity index (χ3v) is 6.71. The van der Waals surface area contributed by atoms with E-state index in [0.717, 1.165) is 0 Å². The Hall–Kier alpha value is -0.790. The van der Waals surface area contributed by atoms with Crippen LogP contribution in [0.1, 0.15) is 12.5 Å². The van der Waals surface area contributed by atoms with Crippen LogP contribution >= 0.6 is 22.6 Å². The van der Waals surface area contributed by atoms with Gasteiger partial charge in [0.05, 0.1) is 16.4 Å². The predicted octanol–water partition coefficient (Wildman–Crippen LogP) is 0.969. The van der Waals surface area contributed by atoms with Crippen LogP contribution in [0.15, 0.2) is 18.2 Å². The molecular weight excluding hydrogens is 423 g/mol. The smallest absolute Gasteiger partial charge is 0.258 e. The van der Waals surface area contributed by atoms with Crippen molar-refractivity contribution in [2.24, 2.45) is 0 Å². The third kappa shape index (κ3) is 4.96. The maximum Gasteiger partial charge on any atom is 0.270 e. The summed E-state index contributed by atoms with van der Waals surface area (Å²) in [6.45, 7) is 1.31. The number of benzene rings is 1. The summed E-state index contributed by atoms with van der Waals surface area (Å²) in [6.07, 6.45) is 0. The number of hydrogen-bond donors (Lipinski definition) is 1. The highest BCUT2D eigenvalue weighted by atomic mass is 127. The molecule has 11 heteroatoms. The molecule has 8 nitrogen and oxygen atoms in total. The molecule has 0 radical (unpaired) electrons. The standard InChI is InChI=1S/C9H11IN2O6S2/c1-2-19(15,16)11-20(17,18)6-7-3-4-8(12(13)14)5-9(7)10/h3-5,11H,2,6H2,1H3. The molecule has 1 rings (SSSR count). The molecule has 0 bridgehead atoms. The molecule has 0 aliphatic rings. The Morgan fingerprint density at radius 3 is 2.30 bits per heavy atom. The topological polar surface area (TPSA) is 123 Å². The molecule has 0 saturated carbocycles. The van der Waals surface area contributed by atoms with E-state index >= 15 is 0 Å². The molecule has 20 heavy (non-hydrogen) atoms. The number of sulfonamides is 2. The van der Waals surface area contributed by atoms with Crippen LogP contribution < -0.4 is 4.13 Å². The number of nitro groups is 1. The fraction of sp³-hybridized carbons (Fsp3) is 0.333. The number of rotatable bonds is 6. The Morgan fingerprint density at radius 2 is 1.85 bits per heavy atom. The van der Waals surface area contributed by atoms with Gasteiger partial charge in [0.15, 0.2) is 0 Å². The lowest BCUT2D eigenvalue weighted by Crippen LogP contribution is -2.32. The molecule has 112 valence electrons. The number of halogens is 1. The van der Waals surface area contributed by atoms with Crippen molar-refractivity contribution in [1.29, 1.82) is 0 Å². The van der Waals surface area contributed by atoms with Crippen LogP contribution in [0.25, 0.3) is 0 Å². The summed E-state index contributed by atoms with van der Waals surface area (Å²) >= 11 is 1.76. The highest BCUT2D eigenvalue weighted by molar-refractivity contribution is 14.1. The molecule has 0 aromatic heterocycles. The minimum atomic E-state index is -4.07. The van der Waals surface area contributed by atoms with Crippen molar-refractivity contribution in [2.75, 3.05) is 5.75 Å². The van der Waals surface area contributed by atoms with Crippen LogP contribution in [0.3, 0.4) is 0 Å². The average Bonchev–Trinajstić information content (AvgIpc) is 2.30. The van der Waals surface area contributed by atoms with Crippen LogP contribution in [0.2, 0.25) is 0 Å². The summed E-state index contributed by atoms with van der Waals surface area (Å²) in [6, 6.07) is 3.68. The molecule has 1 aromatic rings. The van der Waals surface area contributed by atoms with E-state index in [1.807, 2.05) is 0 Å². The van der Waals surface area contributed by atoms with Crippen molar-refractivity contribution >= 4 is 48.3 Å². The van der Waals surface area contributed by atoms with E-state index in [-0.39, 0.29) is 17.0 Å². The Kier molecular flexibility index (Phi) is 5.46. The van der Waals surface area contributed by atoms with Crippen LogP contribution in [0.5, 0.6) is 0 Å². The zero-order valence-electron chi connectivity index (χ0n) is 10.2.